The van der Waals surface area contributed by atoms with Crippen LogP contribution in [-0.4, -0.2) is 19.3 Å². The lowest BCUT2D eigenvalue weighted by molar-refractivity contribution is -0.168. The highest BCUT2D eigenvalue weighted by molar-refractivity contribution is 5.07. The minimum Gasteiger partial charge on any atom is -0.255 e. The van der Waals surface area contributed by atoms with Crippen LogP contribution in [0.3, 0.4) is 0 Å². The lowest BCUT2D eigenvalue weighted by atomic mass is 10.2. The molecule has 112 valence electrons. The number of rotatable bonds is 1. The number of hydrogen-bond acceptors (Lipinski definition) is 0. The lowest BCUT2D eigenvalue weighted by Crippen LogP contribution is -2.15. The van der Waals surface area contributed by atoms with Gasteiger partial charge in [-0.2, -0.15) is 13.2 Å². The summed E-state index contributed by atoms with van der Waals surface area (Å²) in [5.74, 6) is -7.38. The first-order valence-electron chi connectivity index (χ1n) is 3.64. The molecule has 0 N–H and O–H groups in total. The van der Waals surface area contributed by atoms with Crippen LogP contribution >= 0.6 is 0 Å². The van der Waals surface area contributed by atoms with Gasteiger partial charge in [-0.3, -0.25) is 4.39 Å². The zero-order valence-corrected chi connectivity index (χ0v) is 7.13. The smallest absolute Gasteiger partial charge is 0.255 e. The molecule has 0 spiro atoms. The molecule has 0 saturated heterocycles. The van der Waals surface area contributed by atoms with Crippen molar-refractivity contribution in [1.82, 2.24) is 0 Å². The molecule has 0 aliphatic heterocycles. The van der Waals surface area contributed by atoms with Gasteiger partial charge in [-0.15, -0.1) is 0 Å². The van der Waals surface area contributed by atoms with Crippen LogP contribution in [0.15, 0.2) is 0 Å². The first-order chi connectivity index (χ1) is 5.81. The fourth-order valence-corrected chi connectivity index (χ4v) is 1.34. The highest BCUT2D eigenvalue weighted by Gasteiger charge is 2.77. The van der Waals surface area contributed by atoms with Gasteiger partial charge in [0.2, 0.25) is 0 Å². The highest BCUT2D eigenvalue weighted by Crippen LogP contribution is 2.63. The molecular formula is C11H26F6. The summed E-state index contributed by atoms with van der Waals surface area (Å²) in [4.78, 5) is 0. The third-order valence-electron chi connectivity index (χ3n) is 1.99. The average molecular weight is 272 g/mol. The topological polar surface area (TPSA) is 0 Å². The van der Waals surface area contributed by atoms with Gasteiger partial charge in [-0.1, -0.05) is 36.6 Å². The van der Waals surface area contributed by atoms with Gasteiger partial charge in [0.15, 0.2) is 0 Å². The fraction of sp³-hybridized carbons (Fsp3) is 1.00. The molecule has 1 rings (SSSR count). The Kier molecular flexibility index (Phi) is 16.9. The van der Waals surface area contributed by atoms with Gasteiger partial charge in [0.05, 0.1) is 7.18 Å². The quantitative estimate of drug-likeness (QED) is 0.516. The van der Waals surface area contributed by atoms with Gasteiger partial charge >= 0.3 is 6.18 Å². The van der Waals surface area contributed by atoms with Crippen LogP contribution in [0.1, 0.15) is 43.1 Å². The summed E-state index contributed by atoms with van der Waals surface area (Å²) in [5, 5.41) is 0. The van der Waals surface area contributed by atoms with Crippen molar-refractivity contribution in [2.75, 3.05) is 7.18 Å². The van der Waals surface area contributed by atoms with Crippen molar-refractivity contribution >= 4 is 0 Å². The van der Waals surface area contributed by atoms with Gasteiger partial charge in [0.1, 0.15) is 5.92 Å². The molecule has 0 aromatic heterocycles. The second-order valence-corrected chi connectivity index (χ2v) is 2.71. The molecule has 1 aliphatic carbocycles. The Morgan fingerprint density at radius 3 is 1.29 bits per heavy atom. The molecule has 0 heterocycles. The second kappa shape index (κ2) is 9.59. The Bertz CT molecular complexity index is 164. The number of halogens is 6. The minimum absolute atomic E-state index is 0. The van der Waals surface area contributed by atoms with Crippen molar-refractivity contribution < 1.29 is 26.3 Å². The molecule has 0 radical (unpaired) electrons. The molecule has 2 unspecified atom stereocenters. The maximum absolute atomic E-state index is 12.2. The molecule has 0 bridgehead atoms. The maximum Gasteiger partial charge on any atom is 0.398 e. The van der Waals surface area contributed by atoms with Crippen LogP contribution in [0.5, 0.6) is 0 Å². The van der Waals surface area contributed by atoms with Crippen LogP contribution < -0.4 is 0 Å². The SMILES string of the molecule is C.C.C.C.CCC1C(C(F)(F)F)C1(F)F.CF. The van der Waals surface area contributed by atoms with Crippen LogP contribution in [0.25, 0.3) is 0 Å². The molecule has 1 fully saturated rings. The predicted molar refractivity (Wildman–Crippen MR) is 62.2 cm³/mol. The molecule has 0 aromatic carbocycles. The zero-order valence-electron chi connectivity index (χ0n) is 7.13. The van der Waals surface area contributed by atoms with Crippen molar-refractivity contribution in [2.24, 2.45) is 11.8 Å². The monoisotopic (exact) mass is 272 g/mol. The molecule has 17 heavy (non-hydrogen) atoms. The standard InChI is InChI=1S/C6H7F5.CH3F.4CH4/c1-2-3-4(5(3,7)8)6(9,10)11;1-2;;;;/h3-4H,2H2,1H3;1H3;4*1H4. The van der Waals surface area contributed by atoms with E-state index >= 15 is 0 Å². The van der Waals surface area contributed by atoms with E-state index in [-0.39, 0.29) is 36.1 Å². The van der Waals surface area contributed by atoms with E-state index < -0.39 is 23.9 Å². The van der Waals surface area contributed by atoms with Crippen molar-refractivity contribution in [1.29, 1.82) is 0 Å². The van der Waals surface area contributed by atoms with Crippen molar-refractivity contribution in [3.63, 3.8) is 0 Å². The Labute approximate surface area is 101 Å². The van der Waals surface area contributed by atoms with Crippen LogP contribution in [0.2, 0.25) is 0 Å². The summed E-state index contributed by atoms with van der Waals surface area (Å²) in [7, 11) is 0.500. The van der Waals surface area contributed by atoms with Crippen molar-refractivity contribution in [2.45, 2.75) is 55.1 Å². The minimum atomic E-state index is -4.73. The van der Waals surface area contributed by atoms with E-state index in [1.807, 2.05) is 0 Å². The molecule has 1 saturated carbocycles. The molecule has 6 heteroatoms. The van der Waals surface area contributed by atoms with E-state index in [1.165, 1.54) is 6.92 Å². The van der Waals surface area contributed by atoms with Crippen LogP contribution in [-0.2, 0) is 0 Å². The first kappa shape index (κ1) is 30.0. The van der Waals surface area contributed by atoms with E-state index in [1.54, 1.807) is 0 Å². The van der Waals surface area contributed by atoms with E-state index in [9.17, 15) is 26.3 Å². The molecular weight excluding hydrogens is 246 g/mol. The van der Waals surface area contributed by atoms with Gasteiger partial charge in [0.25, 0.3) is 5.92 Å². The third kappa shape index (κ3) is 6.17. The molecule has 0 nitrogen and oxygen atoms in total. The summed E-state index contributed by atoms with van der Waals surface area (Å²) >= 11 is 0. The lowest BCUT2D eigenvalue weighted by Gasteiger charge is -2.02. The zero-order chi connectivity index (χ0) is 10.9. The molecule has 2 atom stereocenters. The third-order valence-corrected chi connectivity index (χ3v) is 1.99. The van der Waals surface area contributed by atoms with Gasteiger partial charge < -0.3 is 0 Å². The first-order valence-corrected chi connectivity index (χ1v) is 3.64. The Morgan fingerprint density at radius 2 is 1.24 bits per heavy atom. The van der Waals surface area contributed by atoms with Gasteiger partial charge in [-0.25, -0.2) is 8.78 Å². The van der Waals surface area contributed by atoms with Crippen molar-refractivity contribution in [3.05, 3.63) is 0 Å². The summed E-state index contributed by atoms with van der Waals surface area (Å²) < 4.78 is 69.1. The van der Waals surface area contributed by atoms with Crippen LogP contribution in [0, 0.1) is 11.8 Å². The second-order valence-electron chi connectivity index (χ2n) is 2.71. The predicted octanol–water partition coefficient (Wildman–Crippen LogP) is 5.97. The Balaban J connectivity index is -0.0000000760. The molecule has 0 amide bonds. The summed E-state index contributed by atoms with van der Waals surface area (Å²) in [6, 6.07) is 0. The van der Waals surface area contributed by atoms with E-state index in [2.05, 4.69) is 0 Å². The summed E-state index contributed by atoms with van der Waals surface area (Å²) in [6.07, 6.45) is -4.85. The van der Waals surface area contributed by atoms with E-state index in [0.29, 0.717) is 7.18 Å². The van der Waals surface area contributed by atoms with Gasteiger partial charge in [0, 0.05) is 5.92 Å². The fourth-order valence-electron chi connectivity index (χ4n) is 1.34. The Hall–Kier alpha value is -0.420. The summed E-state index contributed by atoms with van der Waals surface area (Å²) in [6.45, 7) is 1.34. The molecule has 0 aromatic rings. The largest absolute Gasteiger partial charge is 0.398 e. The van der Waals surface area contributed by atoms with Crippen LogP contribution in [0.4, 0.5) is 26.3 Å². The van der Waals surface area contributed by atoms with E-state index in [4.69, 9.17) is 0 Å². The normalized spacial score (nSPS) is 23.3. The molecule has 1 aliphatic rings. The number of hydrogen-bond donors (Lipinski definition) is 0. The maximum atomic E-state index is 12.2. The van der Waals surface area contributed by atoms with Crippen molar-refractivity contribution in [3.8, 4) is 0 Å². The highest BCUT2D eigenvalue weighted by atomic mass is 19.4. The average Bonchev–Trinajstić information content (AvgIpc) is 2.56. The Morgan fingerprint density at radius 1 is 0.941 bits per heavy atom. The van der Waals surface area contributed by atoms with Gasteiger partial charge in [-0.05, 0) is 6.42 Å². The number of alkyl halides is 6. The van der Waals surface area contributed by atoms with E-state index in [0.717, 1.165) is 0 Å². The summed E-state index contributed by atoms with van der Waals surface area (Å²) in [5.41, 5.74) is 0.